The van der Waals surface area contributed by atoms with Crippen molar-refractivity contribution in [2.75, 3.05) is 5.32 Å². The summed E-state index contributed by atoms with van der Waals surface area (Å²) in [7, 11) is 1.78. The zero-order valence-electron chi connectivity index (χ0n) is 11.5. The molecule has 4 nitrogen and oxygen atoms in total. The molecule has 0 bridgehead atoms. The van der Waals surface area contributed by atoms with Gasteiger partial charge in [-0.3, -0.25) is 4.68 Å². The number of nitrogens with one attached hydrogen (secondary N) is 1. The molecule has 0 fully saturated rings. The van der Waals surface area contributed by atoms with E-state index in [-0.39, 0.29) is 16.8 Å². The van der Waals surface area contributed by atoms with Crippen LogP contribution in [0.4, 0.5) is 19.0 Å². The first kappa shape index (κ1) is 15.8. The average molecular weight is 363 g/mol. The first-order valence-corrected chi connectivity index (χ1v) is 7.08. The number of pyridine rings is 1. The minimum Gasteiger partial charge on any atom is -0.365 e. The number of nitrogens with zero attached hydrogens (tertiary/aromatic N) is 3. The number of rotatable bonds is 4. The molecule has 2 rings (SSSR count). The number of alkyl halides is 3. The number of anilines is 1. The number of aryl methyl sites for hydroxylation is 2. The van der Waals surface area contributed by atoms with Gasteiger partial charge >= 0.3 is 6.18 Å². The first-order valence-electron chi connectivity index (χ1n) is 6.29. The summed E-state index contributed by atoms with van der Waals surface area (Å²) in [6, 6.07) is 1.01. The van der Waals surface area contributed by atoms with Crippen LogP contribution in [0.3, 0.4) is 0 Å². The van der Waals surface area contributed by atoms with Gasteiger partial charge in [-0.2, -0.15) is 18.3 Å². The van der Waals surface area contributed by atoms with E-state index in [4.69, 9.17) is 0 Å². The SMILES string of the molecule is CCc1nn(C)cc1CNc1ncc(Br)cc1C(F)(F)F. The van der Waals surface area contributed by atoms with Crippen molar-refractivity contribution in [2.45, 2.75) is 26.1 Å². The Morgan fingerprint density at radius 2 is 2.10 bits per heavy atom. The van der Waals surface area contributed by atoms with Crippen LogP contribution in [0.1, 0.15) is 23.7 Å². The Kier molecular flexibility index (Phi) is 4.55. The van der Waals surface area contributed by atoms with Crippen molar-refractivity contribution < 1.29 is 13.2 Å². The summed E-state index contributed by atoms with van der Waals surface area (Å²) in [5, 5.41) is 7.00. The van der Waals surface area contributed by atoms with Crippen molar-refractivity contribution in [3.63, 3.8) is 0 Å². The number of hydrogen-bond acceptors (Lipinski definition) is 3. The lowest BCUT2D eigenvalue weighted by atomic mass is 10.2. The molecule has 2 heterocycles. The van der Waals surface area contributed by atoms with Gasteiger partial charge in [-0.1, -0.05) is 6.92 Å². The first-order chi connectivity index (χ1) is 9.81. The van der Waals surface area contributed by atoms with Crippen molar-refractivity contribution in [1.82, 2.24) is 14.8 Å². The molecule has 0 radical (unpaired) electrons. The molecular formula is C13H14BrF3N4. The van der Waals surface area contributed by atoms with E-state index in [1.54, 1.807) is 17.9 Å². The molecule has 0 aliphatic rings. The standard InChI is InChI=1S/C13H14BrF3N4/c1-3-11-8(7-21(2)20-11)5-18-12-10(13(15,16)17)4-9(14)6-19-12/h4,6-7H,3,5H2,1-2H3,(H,18,19). The molecule has 2 aromatic heterocycles. The molecule has 0 aliphatic carbocycles. The predicted molar refractivity (Wildman–Crippen MR) is 76.9 cm³/mol. The van der Waals surface area contributed by atoms with E-state index in [1.807, 2.05) is 6.92 Å². The Labute approximate surface area is 128 Å². The largest absolute Gasteiger partial charge is 0.419 e. The van der Waals surface area contributed by atoms with E-state index in [0.717, 1.165) is 23.7 Å². The molecule has 0 unspecified atom stereocenters. The van der Waals surface area contributed by atoms with Crippen molar-refractivity contribution in [3.05, 3.63) is 39.8 Å². The van der Waals surface area contributed by atoms with Crippen molar-refractivity contribution in [1.29, 1.82) is 0 Å². The molecule has 0 aromatic carbocycles. The fourth-order valence-electron chi connectivity index (χ4n) is 2.00. The van der Waals surface area contributed by atoms with Gasteiger partial charge in [0.25, 0.3) is 0 Å². The van der Waals surface area contributed by atoms with Gasteiger partial charge in [-0.15, -0.1) is 0 Å². The Morgan fingerprint density at radius 1 is 1.38 bits per heavy atom. The summed E-state index contributed by atoms with van der Waals surface area (Å²) in [6.45, 7) is 2.19. The van der Waals surface area contributed by atoms with Crippen LogP contribution in [0.5, 0.6) is 0 Å². The molecule has 0 amide bonds. The Balaban J connectivity index is 2.24. The van der Waals surface area contributed by atoms with Gasteiger partial charge in [0.15, 0.2) is 0 Å². The second kappa shape index (κ2) is 6.05. The van der Waals surface area contributed by atoms with Crippen LogP contribution in [0.2, 0.25) is 0 Å². The smallest absolute Gasteiger partial charge is 0.365 e. The molecule has 0 aliphatic heterocycles. The van der Waals surface area contributed by atoms with E-state index in [1.165, 1.54) is 6.20 Å². The van der Waals surface area contributed by atoms with Crippen LogP contribution >= 0.6 is 15.9 Å². The molecule has 0 saturated carbocycles. The average Bonchev–Trinajstić information content (AvgIpc) is 2.76. The number of aromatic nitrogens is 3. The molecule has 1 N–H and O–H groups in total. The lowest BCUT2D eigenvalue weighted by Crippen LogP contribution is -2.12. The Morgan fingerprint density at radius 3 is 2.71 bits per heavy atom. The van der Waals surface area contributed by atoms with Gasteiger partial charge < -0.3 is 5.32 Å². The van der Waals surface area contributed by atoms with Gasteiger partial charge in [0.2, 0.25) is 0 Å². The quantitative estimate of drug-likeness (QED) is 0.899. The maximum absolute atomic E-state index is 13.0. The Bertz CT molecular complexity index is 637. The second-order valence-electron chi connectivity index (χ2n) is 4.53. The molecule has 0 saturated heterocycles. The van der Waals surface area contributed by atoms with Crippen molar-refractivity contribution in [2.24, 2.45) is 7.05 Å². The van der Waals surface area contributed by atoms with E-state index in [0.29, 0.717) is 0 Å². The normalized spacial score (nSPS) is 11.7. The zero-order chi connectivity index (χ0) is 15.6. The predicted octanol–water partition coefficient (Wildman–Crippen LogP) is 3.77. The summed E-state index contributed by atoms with van der Waals surface area (Å²) >= 11 is 3.01. The summed E-state index contributed by atoms with van der Waals surface area (Å²) in [6.07, 6.45) is -0.612. The van der Waals surface area contributed by atoms with E-state index in [9.17, 15) is 13.2 Å². The highest BCUT2D eigenvalue weighted by molar-refractivity contribution is 9.10. The number of halogens is 4. The third-order valence-corrected chi connectivity index (χ3v) is 3.37. The van der Waals surface area contributed by atoms with Gasteiger partial charge in [-0.25, -0.2) is 4.98 Å². The molecule has 2 aromatic rings. The topological polar surface area (TPSA) is 42.7 Å². The highest BCUT2D eigenvalue weighted by Gasteiger charge is 2.34. The van der Waals surface area contributed by atoms with E-state index >= 15 is 0 Å². The molecular weight excluding hydrogens is 349 g/mol. The summed E-state index contributed by atoms with van der Waals surface area (Å²) < 4.78 is 40.9. The molecule has 21 heavy (non-hydrogen) atoms. The van der Waals surface area contributed by atoms with Crippen LogP contribution < -0.4 is 5.32 Å². The molecule has 0 atom stereocenters. The minimum absolute atomic E-state index is 0.184. The van der Waals surface area contributed by atoms with Gasteiger partial charge in [-0.05, 0) is 28.4 Å². The van der Waals surface area contributed by atoms with E-state index in [2.05, 4.69) is 31.3 Å². The zero-order valence-corrected chi connectivity index (χ0v) is 13.1. The van der Waals surface area contributed by atoms with Gasteiger partial charge in [0, 0.05) is 36.0 Å². The van der Waals surface area contributed by atoms with Crippen molar-refractivity contribution in [3.8, 4) is 0 Å². The highest BCUT2D eigenvalue weighted by Crippen LogP contribution is 2.35. The maximum atomic E-state index is 13.0. The van der Waals surface area contributed by atoms with Gasteiger partial charge in [0.1, 0.15) is 5.82 Å². The van der Waals surface area contributed by atoms with Crippen LogP contribution in [-0.4, -0.2) is 14.8 Å². The highest BCUT2D eigenvalue weighted by atomic mass is 79.9. The molecule has 8 heteroatoms. The van der Waals surface area contributed by atoms with Crippen LogP contribution in [-0.2, 0) is 26.2 Å². The molecule has 0 spiro atoms. The third-order valence-electron chi connectivity index (χ3n) is 2.93. The summed E-state index contributed by atoms with van der Waals surface area (Å²) in [5.74, 6) is -0.184. The molecule has 114 valence electrons. The summed E-state index contributed by atoms with van der Waals surface area (Å²) in [5.41, 5.74) is 0.923. The third kappa shape index (κ3) is 3.75. The van der Waals surface area contributed by atoms with Crippen LogP contribution in [0.15, 0.2) is 22.9 Å². The van der Waals surface area contributed by atoms with E-state index < -0.39 is 11.7 Å². The minimum atomic E-state index is -4.46. The Hall–Kier alpha value is -1.57. The lowest BCUT2D eigenvalue weighted by molar-refractivity contribution is -0.137. The summed E-state index contributed by atoms with van der Waals surface area (Å²) in [4.78, 5) is 3.82. The van der Waals surface area contributed by atoms with Crippen molar-refractivity contribution >= 4 is 21.7 Å². The lowest BCUT2D eigenvalue weighted by Gasteiger charge is -2.13. The van der Waals surface area contributed by atoms with Gasteiger partial charge in [0.05, 0.1) is 11.3 Å². The second-order valence-corrected chi connectivity index (χ2v) is 5.44. The monoisotopic (exact) mass is 362 g/mol. The van der Waals surface area contributed by atoms with Crippen LogP contribution in [0.25, 0.3) is 0 Å². The maximum Gasteiger partial charge on any atom is 0.419 e. The number of hydrogen-bond donors (Lipinski definition) is 1. The van der Waals surface area contributed by atoms with Crippen LogP contribution in [0, 0.1) is 0 Å². The fraction of sp³-hybridized carbons (Fsp3) is 0.385. The fourth-order valence-corrected chi connectivity index (χ4v) is 2.34.